The Morgan fingerprint density at radius 1 is 0.800 bits per heavy atom. The second-order valence-corrected chi connectivity index (χ2v) is 4.47. The summed E-state index contributed by atoms with van der Waals surface area (Å²) >= 11 is 0. The first-order chi connectivity index (χ1) is 9.70. The molecular formula is C17H18N2O. The van der Waals surface area contributed by atoms with E-state index < -0.39 is 0 Å². The topological polar surface area (TPSA) is 34.0 Å². The highest BCUT2D eigenvalue weighted by Crippen LogP contribution is 2.13. The molecule has 0 spiro atoms. The summed E-state index contributed by atoms with van der Waals surface area (Å²) in [6.07, 6.45) is 0. The average Bonchev–Trinajstić information content (AvgIpc) is 2.53. The highest BCUT2D eigenvalue weighted by molar-refractivity contribution is 6.01. The molecule has 0 saturated heterocycles. The molecule has 0 aromatic heterocycles. The van der Waals surface area contributed by atoms with Gasteiger partial charge >= 0.3 is 0 Å². The zero-order chi connectivity index (χ0) is 14.4. The summed E-state index contributed by atoms with van der Waals surface area (Å²) < 4.78 is 5.21. The van der Waals surface area contributed by atoms with Crippen LogP contribution in [-0.2, 0) is 0 Å². The molecule has 0 fully saturated rings. The number of nitrogens with zero attached hydrogens (tertiary/aromatic N) is 2. The van der Waals surface area contributed by atoms with Gasteiger partial charge in [-0.2, -0.15) is 10.2 Å². The Kier molecular flexibility index (Phi) is 4.66. The van der Waals surface area contributed by atoms with E-state index in [9.17, 15) is 0 Å². The summed E-state index contributed by atoms with van der Waals surface area (Å²) in [7, 11) is 1.66. The maximum atomic E-state index is 5.21. The second kappa shape index (κ2) is 6.66. The van der Waals surface area contributed by atoms with Gasteiger partial charge in [-0.3, -0.25) is 0 Å². The Bertz CT molecular complexity index is 630. The van der Waals surface area contributed by atoms with Crippen molar-refractivity contribution in [3.05, 3.63) is 65.7 Å². The first-order valence-corrected chi connectivity index (χ1v) is 6.49. The van der Waals surface area contributed by atoms with Gasteiger partial charge in [0.2, 0.25) is 0 Å². The number of hydrogen-bond donors (Lipinski definition) is 0. The molecule has 0 saturated carbocycles. The van der Waals surface area contributed by atoms with Crippen LogP contribution in [0.25, 0.3) is 0 Å². The van der Waals surface area contributed by atoms with Crippen molar-refractivity contribution >= 4 is 11.4 Å². The Morgan fingerprint density at radius 3 is 2.05 bits per heavy atom. The predicted octanol–water partition coefficient (Wildman–Crippen LogP) is 3.93. The molecule has 0 aliphatic heterocycles. The van der Waals surface area contributed by atoms with E-state index in [-0.39, 0.29) is 0 Å². The minimum absolute atomic E-state index is 0.820. The SMILES string of the molecule is COc1cccc(/C(C)=N/N=C(\C)c2ccccc2)c1. The van der Waals surface area contributed by atoms with Gasteiger partial charge in [0.25, 0.3) is 0 Å². The van der Waals surface area contributed by atoms with Crippen molar-refractivity contribution in [1.29, 1.82) is 0 Å². The van der Waals surface area contributed by atoms with E-state index in [1.165, 1.54) is 0 Å². The lowest BCUT2D eigenvalue weighted by Crippen LogP contribution is -1.97. The van der Waals surface area contributed by atoms with Crippen molar-refractivity contribution < 1.29 is 4.74 Å². The number of benzene rings is 2. The molecule has 0 heterocycles. The van der Waals surface area contributed by atoms with Crippen molar-refractivity contribution in [2.45, 2.75) is 13.8 Å². The molecule has 2 aromatic carbocycles. The van der Waals surface area contributed by atoms with Gasteiger partial charge in [-0.25, -0.2) is 0 Å². The van der Waals surface area contributed by atoms with Crippen LogP contribution in [0, 0.1) is 0 Å². The summed E-state index contributed by atoms with van der Waals surface area (Å²) in [6, 6.07) is 17.8. The molecule has 0 atom stereocenters. The smallest absolute Gasteiger partial charge is 0.119 e. The van der Waals surface area contributed by atoms with Crippen LogP contribution in [0.4, 0.5) is 0 Å². The molecule has 102 valence electrons. The van der Waals surface area contributed by atoms with Crippen LogP contribution in [0.15, 0.2) is 64.8 Å². The largest absolute Gasteiger partial charge is 0.497 e. The minimum atomic E-state index is 0.820. The fourth-order valence-electron chi connectivity index (χ4n) is 1.79. The molecule has 2 aromatic rings. The second-order valence-electron chi connectivity index (χ2n) is 4.47. The van der Waals surface area contributed by atoms with Crippen LogP contribution in [-0.4, -0.2) is 18.5 Å². The van der Waals surface area contributed by atoms with Crippen molar-refractivity contribution in [3.8, 4) is 5.75 Å². The molecule has 0 bridgehead atoms. The zero-order valence-corrected chi connectivity index (χ0v) is 12.0. The van der Waals surface area contributed by atoms with E-state index in [0.29, 0.717) is 0 Å². The van der Waals surface area contributed by atoms with Crippen molar-refractivity contribution in [1.82, 2.24) is 0 Å². The molecule has 0 aliphatic rings. The van der Waals surface area contributed by atoms with Crippen LogP contribution in [0.5, 0.6) is 5.75 Å². The van der Waals surface area contributed by atoms with E-state index in [4.69, 9.17) is 4.74 Å². The first kappa shape index (κ1) is 14.0. The quantitative estimate of drug-likeness (QED) is 0.610. The Hall–Kier alpha value is -2.42. The van der Waals surface area contributed by atoms with Gasteiger partial charge in [0.15, 0.2) is 0 Å². The molecule has 0 aliphatic carbocycles. The third-order valence-corrected chi connectivity index (χ3v) is 3.03. The molecule has 3 nitrogen and oxygen atoms in total. The Balaban J connectivity index is 2.22. The molecule has 0 amide bonds. The lowest BCUT2D eigenvalue weighted by molar-refractivity contribution is 0.414. The molecular weight excluding hydrogens is 248 g/mol. The molecule has 0 N–H and O–H groups in total. The number of methoxy groups -OCH3 is 1. The average molecular weight is 266 g/mol. The van der Waals surface area contributed by atoms with E-state index in [1.54, 1.807) is 7.11 Å². The maximum absolute atomic E-state index is 5.21. The molecule has 2 rings (SSSR count). The van der Waals surface area contributed by atoms with Gasteiger partial charge in [0, 0.05) is 5.56 Å². The highest BCUT2D eigenvalue weighted by atomic mass is 16.5. The number of ether oxygens (including phenoxy) is 1. The first-order valence-electron chi connectivity index (χ1n) is 6.49. The highest BCUT2D eigenvalue weighted by Gasteiger charge is 2.00. The molecule has 0 unspecified atom stereocenters. The Labute approximate surface area is 119 Å². The summed E-state index contributed by atoms with van der Waals surface area (Å²) in [6.45, 7) is 3.90. The monoisotopic (exact) mass is 266 g/mol. The standard InChI is InChI=1S/C17H18N2O/c1-13(15-8-5-4-6-9-15)18-19-14(2)16-10-7-11-17(12-16)20-3/h4-12H,1-3H3/b18-13+,19-14+. The van der Waals surface area contributed by atoms with Crippen LogP contribution in [0.3, 0.4) is 0 Å². The zero-order valence-electron chi connectivity index (χ0n) is 12.0. The number of rotatable bonds is 4. The molecule has 0 radical (unpaired) electrons. The minimum Gasteiger partial charge on any atom is -0.497 e. The van der Waals surface area contributed by atoms with Gasteiger partial charge in [0.05, 0.1) is 18.5 Å². The van der Waals surface area contributed by atoms with Gasteiger partial charge in [-0.05, 0) is 31.5 Å². The van der Waals surface area contributed by atoms with Crippen LogP contribution in [0.2, 0.25) is 0 Å². The van der Waals surface area contributed by atoms with E-state index in [0.717, 1.165) is 28.3 Å². The predicted molar refractivity (Wildman–Crippen MR) is 83.9 cm³/mol. The van der Waals surface area contributed by atoms with E-state index >= 15 is 0 Å². The van der Waals surface area contributed by atoms with E-state index in [2.05, 4.69) is 10.2 Å². The normalized spacial score (nSPS) is 12.3. The van der Waals surface area contributed by atoms with Crippen molar-refractivity contribution in [3.63, 3.8) is 0 Å². The van der Waals surface area contributed by atoms with Gasteiger partial charge in [-0.15, -0.1) is 0 Å². The lowest BCUT2D eigenvalue weighted by Gasteiger charge is -2.03. The summed E-state index contributed by atoms with van der Waals surface area (Å²) in [5.74, 6) is 0.820. The fourth-order valence-corrected chi connectivity index (χ4v) is 1.79. The fraction of sp³-hybridized carbons (Fsp3) is 0.176. The van der Waals surface area contributed by atoms with Crippen molar-refractivity contribution in [2.75, 3.05) is 7.11 Å². The summed E-state index contributed by atoms with van der Waals surface area (Å²) in [5.41, 5.74) is 3.84. The molecule has 20 heavy (non-hydrogen) atoms. The van der Waals surface area contributed by atoms with E-state index in [1.807, 2.05) is 68.4 Å². The Morgan fingerprint density at radius 2 is 1.40 bits per heavy atom. The lowest BCUT2D eigenvalue weighted by atomic mass is 10.1. The van der Waals surface area contributed by atoms with Gasteiger partial charge in [-0.1, -0.05) is 42.5 Å². The van der Waals surface area contributed by atoms with Crippen LogP contribution >= 0.6 is 0 Å². The summed E-state index contributed by atoms with van der Waals surface area (Å²) in [5, 5.41) is 8.59. The third kappa shape index (κ3) is 3.54. The van der Waals surface area contributed by atoms with Crippen LogP contribution < -0.4 is 4.74 Å². The van der Waals surface area contributed by atoms with Gasteiger partial charge < -0.3 is 4.74 Å². The maximum Gasteiger partial charge on any atom is 0.119 e. The van der Waals surface area contributed by atoms with Crippen LogP contribution in [0.1, 0.15) is 25.0 Å². The van der Waals surface area contributed by atoms with Crippen molar-refractivity contribution in [2.24, 2.45) is 10.2 Å². The van der Waals surface area contributed by atoms with Gasteiger partial charge in [0.1, 0.15) is 5.75 Å². The number of hydrogen-bond acceptors (Lipinski definition) is 3. The molecule has 3 heteroatoms. The summed E-state index contributed by atoms with van der Waals surface area (Å²) in [4.78, 5) is 0. The third-order valence-electron chi connectivity index (χ3n) is 3.03.